The summed E-state index contributed by atoms with van der Waals surface area (Å²) in [6.07, 6.45) is 20.7. The number of piperidine rings is 2. The number of rotatable bonds is 10. The van der Waals surface area contributed by atoms with Crippen LogP contribution in [0.4, 0.5) is 11.6 Å². The number of aryl methyl sites for hydroxylation is 2. The summed E-state index contributed by atoms with van der Waals surface area (Å²) < 4.78 is 6.60. The zero-order chi connectivity index (χ0) is 56.2. The van der Waals surface area contributed by atoms with Crippen LogP contribution >= 0.6 is 0 Å². The van der Waals surface area contributed by atoms with Gasteiger partial charge in [0.15, 0.2) is 22.9 Å². The highest BCUT2D eigenvalue weighted by Crippen LogP contribution is 2.45. The number of nitrogens with zero attached hydrogens (tertiary/aromatic N) is 17. The minimum atomic E-state index is -1.09. The molecule has 0 radical (unpaired) electrons. The molecule has 4 aliphatic heterocycles. The number of aromatic nitrogens is 18. The predicted molar refractivity (Wildman–Crippen MR) is 292 cm³/mol. The fourth-order valence-corrected chi connectivity index (χ4v) is 12.0. The number of nitrogens with one attached hydrogen (secondary N) is 3. The van der Waals surface area contributed by atoms with E-state index in [1.807, 2.05) is 74.0 Å². The van der Waals surface area contributed by atoms with Crippen LogP contribution < -0.4 is 16.8 Å². The molecule has 4 aliphatic rings. The van der Waals surface area contributed by atoms with E-state index in [1.54, 1.807) is 39.4 Å². The van der Waals surface area contributed by atoms with Crippen LogP contribution in [0, 0.1) is 0 Å². The Bertz CT molecular complexity index is 3970. The van der Waals surface area contributed by atoms with Crippen molar-refractivity contribution >= 4 is 46.4 Å². The molecule has 14 heterocycles. The lowest BCUT2D eigenvalue weighted by molar-refractivity contribution is 0.0555. The van der Waals surface area contributed by atoms with E-state index in [0.717, 1.165) is 82.7 Å². The number of anilines is 2. The number of nitrogen functional groups attached to an aromatic ring is 2. The van der Waals surface area contributed by atoms with Gasteiger partial charge in [0.05, 0.1) is 46.3 Å². The maximum Gasteiger partial charge on any atom is 0.373 e. The number of carboxylic acids is 1. The van der Waals surface area contributed by atoms with E-state index in [9.17, 15) is 19.2 Å². The molecule has 412 valence electrons. The molecule has 27 nitrogen and oxygen atoms in total. The summed E-state index contributed by atoms with van der Waals surface area (Å²) in [4.78, 5) is 77.1. The molecule has 0 spiro atoms. The Balaban J connectivity index is 0.000000143. The number of ketones is 2. The van der Waals surface area contributed by atoms with Crippen LogP contribution in [0.5, 0.6) is 0 Å². The molecule has 4 bridgehead atoms. The number of nitrogens with two attached hydrogens (primary N) is 2. The molecule has 14 rings (SSSR count). The van der Waals surface area contributed by atoms with Gasteiger partial charge < -0.3 is 26.8 Å². The van der Waals surface area contributed by atoms with Crippen molar-refractivity contribution < 1.29 is 24.3 Å². The average molecular weight is 1090 g/mol. The third-order valence-electron chi connectivity index (χ3n) is 15.7. The third kappa shape index (κ3) is 9.80. The smallest absolute Gasteiger partial charge is 0.373 e. The van der Waals surface area contributed by atoms with Crippen molar-refractivity contribution in [3.8, 4) is 45.0 Å². The normalized spacial score (nSPS) is 20.0. The molecule has 0 saturated carbocycles. The van der Waals surface area contributed by atoms with Crippen LogP contribution in [0.15, 0.2) is 86.2 Å². The highest BCUT2D eigenvalue weighted by atomic mass is 16.4. The third-order valence-corrected chi connectivity index (χ3v) is 15.7. The number of amides is 1. The minimum absolute atomic E-state index is 0.0214. The number of aromatic carboxylic acids is 1. The summed E-state index contributed by atoms with van der Waals surface area (Å²) in [6, 6.07) is 12.7. The Morgan fingerprint density at radius 2 is 1.05 bits per heavy atom. The van der Waals surface area contributed by atoms with Crippen molar-refractivity contribution in [1.29, 1.82) is 0 Å². The summed E-state index contributed by atoms with van der Waals surface area (Å²) in [5, 5.41) is 41.6. The van der Waals surface area contributed by atoms with Gasteiger partial charge in [-0.15, -0.1) is 0 Å². The standard InChI is InChI=1S/C27H27N11O2.C24H26N8O.C3H3N3O2/c1-14(39)22-23(16-9-17-4-5-18(10-16)37(17)27(40)25-30-13-31-34-25)33-26-19(12-32-38(26)24(22)28)15-3-6-20(29-11-15)21-7-8-36(2)35-21;1-13(33)21-22(15-9-16-4-5-17(10-15)28-16)29-24-18(12-27-32(24)23(21)25)14-3-6-19(26-11-14)20-7-8-31(2)30-20;7-3(8)2-4-1-5-6-2/h3,6-8,11-13,16-18H,4-5,9-10,28H2,1-2H3,(H,30,31,34);3,6-8,11-12,15-17,28H,4-5,9-10,25H2,1-2H3;1H,(H,7,8)(H,4,5,6)/t16?,17-,18+;15?,16-,17+;. The van der Waals surface area contributed by atoms with Gasteiger partial charge >= 0.3 is 5.97 Å². The van der Waals surface area contributed by atoms with E-state index in [4.69, 9.17) is 26.5 Å². The Hall–Kier alpha value is -9.92. The highest BCUT2D eigenvalue weighted by Gasteiger charge is 2.46. The van der Waals surface area contributed by atoms with Crippen molar-refractivity contribution in [2.45, 2.75) is 101 Å². The highest BCUT2D eigenvalue weighted by molar-refractivity contribution is 6.01. The number of H-pyrrole nitrogens is 2. The van der Waals surface area contributed by atoms with Gasteiger partial charge in [-0.05, 0) is 89.5 Å². The SMILES string of the molecule is CC(=O)c1c(C2C[C@H]3CC[C@@H](C2)N3)nc2c(-c3ccc(-c4ccn(C)n4)nc3)cnn2c1N.CC(=O)c1c(C2C[C@H]3CC[C@@H](C2)N3C(=O)c2ncn[nH]2)nc2c(-c3ccc(-c4ccn(C)n4)nc3)cnn2c1N.O=C(O)c1ncn[nH]1. The fraction of sp³-hybridized carbons (Fsp3) is 0.333. The fourth-order valence-electron chi connectivity index (χ4n) is 12.0. The molecule has 6 atom stereocenters. The number of hydrogen-bond acceptors (Lipinski definition) is 19. The number of pyridine rings is 2. The first-order chi connectivity index (χ1) is 39.2. The zero-order valence-electron chi connectivity index (χ0n) is 44.5. The quantitative estimate of drug-likeness (QED) is 0.0967. The van der Waals surface area contributed by atoms with E-state index >= 15 is 0 Å². The summed E-state index contributed by atoms with van der Waals surface area (Å²) in [5.41, 5.74) is 23.2. The van der Waals surface area contributed by atoms with Crippen molar-refractivity contribution in [1.82, 2.24) is 99.3 Å². The topological polar surface area (TPSA) is 361 Å². The monoisotopic (exact) mass is 1090 g/mol. The molecule has 2 unspecified atom stereocenters. The Morgan fingerprint density at radius 3 is 1.43 bits per heavy atom. The summed E-state index contributed by atoms with van der Waals surface area (Å²) in [6.45, 7) is 3.06. The summed E-state index contributed by atoms with van der Waals surface area (Å²) >= 11 is 0. The second kappa shape index (κ2) is 21.0. The molecule has 4 saturated heterocycles. The van der Waals surface area contributed by atoms with Gasteiger partial charge in [-0.1, -0.05) is 12.1 Å². The van der Waals surface area contributed by atoms with Crippen molar-refractivity contribution in [2.24, 2.45) is 14.1 Å². The van der Waals surface area contributed by atoms with Gasteiger partial charge in [-0.2, -0.15) is 39.6 Å². The molecule has 4 fully saturated rings. The van der Waals surface area contributed by atoms with Crippen molar-refractivity contribution in [3.63, 3.8) is 0 Å². The Kier molecular flexibility index (Phi) is 13.5. The maximum absolute atomic E-state index is 13.1. The molecule has 10 aromatic heterocycles. The van der Waals surface area contributed by atoms with Crippen molar-refractivity contribution in [2.75, 3.05) is 11.5 Å². The number of carboxylic acid groups (broad SMARTS) is 1. The molecule has 0 aliphatic carbocycles. The van der Waals surface area contributed by atoms with Crippen LogP contribution in [-0.4, -0.2) is 147 Å². The van der Waals surface area contributed by atoms with Crippen molar-refractivity contribution in [3.05, 3.63) is 120 Å². The first-order valence-corrected chi connectivity index (χ1v) is 26.5. The Labute approximate surface area is 460 Å². The molecule has 10 aromatic rings. The van der Waals surface area contributed by atoms with E-state index in [-0.39, 0.29) is 58.9 Å². The molecule has 1 amide bonds. The van der Waals surface area contributed by atoms with Gasteiger partial charge in [-0.3, -0.25) is 43.9 Å². The van der Waals surface area contributed by atoms with E-state index in [1.165, 1.54) is 30.6 Å². The predicted octanol–water partition coefficient (Wildman–Crippen LogP) is 5.12. The molecular formula is C54H56N22O5. The second-order valence-corrected chi connectivity index (χ2v) is 20.9. The lowest BCUT2D eigenvalue weighted by Crippen LogP contribution is -2.46. The van der Waals surface area contributed by atoms with E-state index in [0.29, 0.717) is 58.9 Å². The first kappa shape index (κ1) is 51.8. The minimum Gasteiger partial charge on any atom is -0.475 e. The average Bonchev–Trinajstić information content (AvgIpc) is 4.53. The number of Topliss-reactive ketones (excluding diaryl/α,β-unsaturated/α-hetero) is 2. The Morgan fingerprint density at radius 1 is 0.580 bits per heavy atom. The lowest BCUT2D eigenvalue weighted by Gasteiger charge is -2.38. The number of carbonyl (C=O) groups is 4. The number of aromatic amines is 2. The summed E-state index contributed by atoms with van der Waals surface area (Å²) in [7, 11) is 3.75. The zero-order valence-corrected chi connectivity index (χ0v) is 44.5. The van der Waals surface area contributed by atoms with Crippen LogP contribution in [0.2, 0.25) is 0 Å². The molecular weight excluding hydrogens is 1040 g/mol. The largest absolute Gasteiger partial charge is 0.475 e. The van der Waals surface area contributed by atoms with Crippen LogP contribution in [-0.2, 0) is 14.1 Å². The van der Waals surface area contributed by atoms with Gasteiger partial charge in [0, 0.05) is 97.1 Å². The van der Waals surface area contributed by atoms with Gasteiger partial charge in [0.1, 0.15) is 35.7 Å². The van der Waals surface area contributed by atoms with Gasteiger partial charge in [-0.25, -0.2) is 24.7 Å². The summed E-state index contributed by atoms with van der Waals surface area (Å²) in [5.74, 6) is -0.547. The molecule has 8 N–H and O–H groups in total. The van der Waals surface area contributed by atoms with E-state index in [2.05, 4.69) is 66.0 Å². The van der Waals surface area contributed by atoms with Crippen LogP contribution in [0.3, 0.4) is 0 Å². The van der Waals surface area contributed by atoms with Gasteiger partial charge in [0.25, 0.3) is 5.91 Å². The number of fused-ring (bicyclic) bond motifs is 6. The van der Waals surface area contributed by atoms with E-state index < -0.39 is 5.97 Å². The molecule has 0 aromatic carbocycles. The lowest BCUT2D eigenvalue weighted by atomic mass is 9.85. The number of hydrogen-bond donors (Lipinski definition) is 6. The van der Waals surface area contributed by atoms with Crippen LogP contribution in [0.1, 0.15) is 130 Å². The number of carbonyl (C=O) groups excluding carboxylic acids is 3. The van der Waals surface area contributed by atoms with Gasteiger partial charge in [0.2, 0.25) is 11.6 Å². The molecule has 81 heavy (non-hydrogen) atoms. The second-order valence-electron chi connectivity index (χ2n) is 20.9. The maximum atomic E-state index is 13.1. The molecule has 27 heteroatoms. The first-order valence-electron chi connectivity index (χ1n) is 26.5. The van der Waals surface area contributed by atoms with Crippen LogP contribution in [0.25, 0.3) is 56.3 Å².